The second-order valence-electron chi connectivity index (χ2n) is 6.77. The third kappa shape index (κ3) is 3.74. The molecule has 1 aliphatic rings. The Kier molecular flexibility index (Phi) is 4.25. The Hall–Kier alpha value is -3.03. The van der Waals surface area contributed by atoms with Crippen LogP contribution in [0.2, 0.25) is 0 Å². The molecule has 1 N–H and O–H groups in total. The summed E-state index contributed by atoms with van der Waals surface area (Å²) in [6.07, 6.45) is 4.79. The molecule has 3 aromatic rings. The van der Waals surface area contributed by atoms with Gasteiger partial charge in [-0.2, -0.15) is 0 Å². The lowest BCUT2D eigenvalue weighted by atomic mass is 10.1. The fourth-order valence-corrected chi connectivity index (χ4v) is 3.17. The van der Waals surface area contributed by atoms with Gasteiger partial charge in [0.1, 0.15) is 5.65 Å². The molecule has 0 spiro atoms. The topological polar surface area (TPSA) is 62.5 Å². The molecule has 8 heteroatoms. The second-order valence-corrected chi connectivity index (χ2v) is 6.77. The minimum atomic E-state index is -2.68. The second kappa shape index (κ2) is 6.61. The third-order valence-electron chi connectivity index (χ3n) is 4.70. The molecule has 0 bridgehead atoms. The highest BCUT2D eigenvalue weighted by molar-refractivity contribution is 5.88. The predicted octanol–water partition coefficient (Wildman–Crippen LogP) is 3.97. The van der Waals surface area contributed by atoms with Crippen LogP contribution in [0.15, 0.2) is 42.9 Å². The zero-order chi connectivity index (χ0) is 19.0. The lowest BCUT2D eigenvalue weighted by Crippen LogP contribution is -2.44. The molecule has 0 aromatic carbocycles. The molecule has 1 fully saturated rings. The molecular formula is C19H19F2N5O. The van der Waals surface area contributed by atoms with E-state index >= 15 is 0 Å². The first kappa shape index (κ1) is 17.4. The molecule has 0 saturated carbocycles. The molecule has 0 aliphatic carbocycles. The van der Waals surface area contributed by atoms with Crippen molar-refractivity contribution in [3.63, 3.8) is 0 Å². The van der Waals surface area contributed by atoms with Crippen molar-refractivity contribution in [3.05, 3.63) is 48.5 Å². The summed E-state index contributed by atoms with van der Waals surface area (Å²) in [5.41, 5.74) is 3.66. The van der Waals surface area contributed by atoms with Crippen LogP contribution in [0.5, 0.6) is 0 Å². The maximum Gasteiger partial charge on any atom is 0.323 e. The van der Waals surface area contributed by atoms with Crippen LogP contribution in [0.3, 0.4) is 0 Å². The number of amides is 2. The number of piperidine rings is 1. The number of nitrogens with zero attached hydrogens (tertiary/aromatic N) is 4. The average molecular weight is 371 g/mol. The lowest BCUT2D eigenvalue weighted by molar-refractivity contribution is -0.0461. The van der Waals surface area contributed by atoms with Crippen molar-refractivity contribution in [3.8, 4) is 11.1 Å². The zero-order valence-electron chi connectivity index (χ0n) is 14.8. The predicted molar refractivity (Wildman–Crippen MR) is 97.9 cm³/mol. The fourth-order valence-electron chi connectivity index (χ4n) is 3.17. The molecular weight excluding hydrogens is 352 g/mol. The van der Waals surface area contributed by atoms with Crippen LogP contribution in [-0.2, 0) is 0 Å². The number of anilines is 1. The molecule has 0 radical (unpaired) electrons. The first-order chi connectivity index (χ1) is 12.9. The Balaban J connectivity index is 1.51. The lowest BCUT2D eigenvalue weighted by Gasteiger charge is -2.31. The van der Waals surface area contributed by atoms with Gasteiger partial charge in [0, 0.05) is 44.0 Å². The van der Waals surface area contributed by atoms with Crippen LogP contribution in [0, 0.1) is 6.92 Å². The summed E-state index contributed by atoms with van der Waals surface area (Å²) in [5, 5.41) is 2.70. The SMILES string of the molecule is Cc1cc(-c2ccc3nc(NC(=O)N4CCC(F)(F)CC4)cn3c2)ccn1. The van der Waals surface area contributed by atoms with Crippen LogP contribution in [0.25, 0.3) is 16.8 Å². The Morgan fingerprint density at radius 2 is 1.93 bits per heavy atom. The maximum absolute atomic E-state index is 13.2. The van der Waals surface area contributed by atoms with Gasteiger partial charge in [-0.3, -0.25) is 10.3 Å². The number of likely N-dealkylation sites (tertiary alicyclic amines) is 1. The highest BCUT2D eigenvalue weighted by Crippen LogP contribution is 2.28. The van der Waals surface area contributed by atoms with E-state index < -0.39 is 12.0 Å². The van der Waals surface area contributed by atoms with Crippen molar-refractivity contribution in [2.24, 2.45) is 0 Å². The van der Waals surface area contributed by atoms with Gasteiger partial charge >= 0.3 is 6.03 Å². The summed E-state index contributed by atoms with van der Waals surface area (Å²) in [6, 6.07) is 7.34. The van der Waals surface area contributed by atoms with Gasteiger partial charge in [0.05, 0.1) is 6.20 Å². The van der Waals surface area contributed by atoms with Crippen LogP contribution < -0.4 is 5.32 Å². The van der Waals surface area contributed by atoms with Gasteiger partial charge in [-0.15, -0.1) is 0 Å². The first-order valence-electron chi connectivity index (χ1n) is 8.75. The van der Waals surface area contributed by atoms with Crippen LogP contribution in [0.1, 0.15) is 18.5 Å². The number of carbonyl (C=O) groups is 1. The molecule has 0 atom stereocenters. The summed E-state index contributed by atoms with van der Waals surface area (Å²) in [5.74, 6) is -2.29. The van der Waals surface area contributed by atoms with Gasteiger partial charge in [-0.05, 0) is 42.3 Å². The number of halogens is 2. The highest BCUT2D eigenvalue weighted by atomic mass is 19.3. The van der Waals surface area contributed by atoms with Crippen molar-refractivity contribution < 1.29 is 13.6 Å². The molecule has 0 unspecified atom stereocenters. The van der Waals surface area contributed by atoms with Crippen molar-refractivity contribution in [2.45, 2.75) is 25.7 Å². The molecule has 140 valence electrons. The number of pyridine rings is 2. The Morgan fingerprint density at radius 3 is 2.67 bits per heavy atom. The number of aryl methyl sites for hydroxylation is 1. The molecule has 4 rings (SSSR count). The van der Waals surface area contributed by atoms with Crippen molar-refractivity contribution in [1.82, 2.24) is 19.3 Å². The number of aromatic nitrogens is 3. The van der Waals surface area contributed by atoms with E-state index in [0.717, 1.165) is 16.8 Å². The van der Waals surface area contributed by atoms with E-state index in [2.05, 4.69) is 15.3 Å². The van der Waals surface area contributed by atoms with E-state index in [-0.39, 0.29) is 25.9 Å². The van der Waals surface area contributed by atoms with E-state index in [1.54, 1.807) is 12.4 Å². The molecule has 3 aromatic heterocycles. The number of imidazole rings is 1. The van der Waals surface area contributed by atoms with E-state index in [0.29, 0.717) is 11.5 Å². The van der Waals surface area contributed by atoms with Crippen molar-refractivity contribution in [1.29, 1.82) is 0 Å². The number of nitrogens with one attached hydrogen (secondary N) is 1. The third-order valence-corrected chi connectivity index (χ3v) is 4.70. The zero-order valence-corrected chi connectivity index (χ0v) is 14.8. The van der Waals surface area contributed by atoms with Crippen LogP contribution in [0.4, 0.5) is 19.4 Å². The molecule has 1 aliphatic heterocycles. The first-order valence-corrected chi connectivity index (χ1v) is 8.75. The number of alkyl halides is 2. The Labute approximate surface area is 154 Å². The Bertz CT molecular complexity index is 991. The van der Waals surface area contributed by atoms with Gasteiger partial charge in [0.25, 0.3) is 5.92 Å². The summed E-state index contributed by atoms with van der Waals surface area (Å²) in [7, 11) is 0. The van der Waals surface area contributed by atoms with E-state index in [1.807, 2.05) is 41.8 Å². The van der Waals surface area contributed by atoms with Gasteiger partial charge in [0.2, 0.25) is 0 Å². The normalized spacial score (nSPS) is 16.5. The smallest absolute Gasteiger partial charge is 0.323 e. The van der Waals surface area contributed by atoms with Gasteiger partial charge < -0.3 is 9.30 Å². The number of hydrogen-bond donors (Lipinski definition) is 1. The minimum absolute atomic E-state index is 0.0394. The molecule has 6 nitrogen and oxygen atoms in total. The summed E-state index contributed by atoms with van der Waals surface area (Å²) >= 11 is 0. The highest BCUT2D eigenvalue weighted by Gasteiger charge is 2.35. The van der Waals surface area contributed by atoms with Gasteiger partial charge in [0.15, 0.2) is 5.82 Å². The molecule has 2 amide bonds. The number of carbonyl (C=O) groups excluding carboxylic acids is 1. The summed E-state index contributed by atoms with van der Waals surface area (Å²) in [6.45, 7) is 2.01. The van der Waals surface area contributed by atoms with E-state index in [1.165, 1.54) is 4.90 Å². The van der Waals surface area contributed by atoms with E-state index in [9.17, 15) is 13.6 Å². The fraction of sp³-hybridized carbons (Fsp3) is 0.316. The van der Waals surface area contributed by atoms with Gasteiger partial charge in [-0.25, -0.2) is 18.6 Å². The number of fused-ring (bicyclic) bond motifs is 1. The molecule has 1 saturated heterocycles. The molecule has 4 heterocycles. The number of urea groups is 1. The number of hydrogen-bond acceptors (Lipinski definition) is 3. The quantitative estimate of drug-likeness (QED) is 0.741. The van der Waals surface area contributed by atoms with Crippen molar-refractivity contribution in [2.75, 3.05) is 18.4 Å². The number of rotatable bonds is 2. The monoisotopic (exact) mass is 371 g/mol. The van der Waals surface area contributed by atoms with Crippen LogP contribution >= 0.6 is 0 Å². The van der Waals surface area contributed by atoms with Gasteiger partial charge in [-0.1, -0.05) is 0 Å². The Morgan fingerprint density at radius 1 is 1.15 bits per heavy atom. The summed E-state index contributed by atoms with van der Waals surface area (Å²) in [4.78, 5) is 22.3. The minimum Gasteiger partial charge on any atom is -0.324 e. The average Bonchev–Trinajstić information content (AvgIpc) is 3.02. The largest absolute Gasteiger partial charge is 0.324 e. The maximum atomic E-state index is 13.2. The molecule has 27 heavy (non-hydrogen) atoms. The summed E-state index contributed by atoms with van der Waals surface area (Å²) < 4.78 is 28.3. The standard InChI is InChI=1S/C19H19F2N5O/c1-13-10-14(4-7-22-13)15-2-3-17-23-16(12-26(17)11-15)24-18(27)25-8-5-19(20,21)6-9-25/h2-4,7,10-12H,5-6,8-9H2,1H3,(H,24,27). The van der Waals surface area contributed by atoms with Crippen molar-refractivity contribution >= 4 is 17.5 Å². The van der Waals surface area contributed by atoms with Crippen LogP contribution in [-0.4, -0.2) is 44.3 Å². The van der Waals surface area contributed by atoms with E-state index in [4.69, 9.17) is 0 Å².